The van der Waals surface area contributed by atoms with Crippen molar-refractivity contribution in [1.29, 1.82) is 0 Å². The van der Waals surface area contributed by atoms with Gasteiger partial charge >= 0.3 is 0 Å². The molecule has 0 unspecified atom stereocenters. The molecule has 1 aromatic carbocycles. The van der Waals surface area contributed by atoms with E-state index in [0.717, 1.165) is 34.7 Å². The SMILES string of the molecule is Nc1ncnc2c1ccn2[C@H]1CC[C@@H](CCc2ccc3ccc(NC4CCCC4)nc3c2)C1. The molecule has 6 nitrogen and oxygen atoms in total. The molecule has 0 radical (unpaired) electrons. The standard InChI is InChI=1S/C27H32N6/c28-26-23-13-14-33(27(23)30-17-29-26)22-11-8-18(15-22)5-6-19-7-9-20-10-12-25(32-24(20)16-19)31-21-3-1-2-4-21/h7,9-10,12-14,16-18,21-22H,1-6,8,11,15H2,(H,31,32)(H2,28,29,30)/t18-,22+/m1/s1. The van der Waals surface area contributed by atoms with Crippen LogP contribution in [0.25, 0.3) is 21.9 Å². The van der Waals surface area contributed by atoms with Gasteiger partial charge in [-0.15, -0.1) is 0 Å². The zero-order valence-electron chi connectivity index (χ0n) is 19.1. The van der Waals surface area contributed by atoms with Crippen molar-refractivity contribution in [1.82, 2.24) is 19.5 Å². The third-order valence-corrected chi connectivity index (χ3v) is 7.75. The van der Waals surface area contributed by atoms with E-state index in [-0.39, 0.29) is 0 Å². The maximum atomic E-state index is 6.02. The molecule has 0 saturated heterocycles. The molecule has 0 bridgehead atoms. The summed E-state index contributed by atoms with van der Waals surface area (Å²) in [6.07, 6.45) is 14.9. The molecule has 33 heavy (non-hydrogen) atoms. The van der Waals surface area contributed by atoms with Crippen LogP contribution in [0.4, 0.5) is 11.6 Å². The van der Waals surface area contributed by atoms with Gasteiger partial charge in [-0.05, 0) is 80.7 Å². The Morgan fingerprint density at radius 1 is 1.00 bits per heavy atom. The monoisotopic (exact) mass is 440 g/mol. The van der Waals surface area contributed by atoms with Crippen LogP contribution in [0.3, 0.4) is 0 Å². The molecule has 0 spiro atoms. The second kappa shape index (κ2) is 8.65. The third kappa shape index (κ3) is 4.14. The van der Waals surface area contributed by atoms with Crippen LogP contribution < -0.4 is 11.1 Å². The van der Waals surface area contributed by atoms with Crippen LogP contribution in [0.5, 0.6) is 0 Å². The molecule has 2 fully saturated rings. The van der Waals surface area contributed by atoms with E-state index in [9.17, 15) is 0 Å². The minimum Gasteiger partial charge on any atom is -0.383 e. The maximum absolute atomic E-state index is 6.02. The predicted octanol–water partition coefficient (Wildman–Crippen LogP) is 5.89. The number of aryl methyl sites for hydroxylation is 1. The molecule has 2 aliphatic carbocycles. The van der Waals surface area contributed by atoms with E-state index in [0.29, 0.717) is 17.9 Å². The fourth-order valence-electron chi connectivity index (χ4n) is 5.90. The van der Waals surface area contributed by atoms with E-state index in [4.69, 9.17) is 10.7 Å². The summed E-state index contributed by atoms with van der Waals surface area (Å²) in [6.45, 7) is 0. The van der Waals surface area contributed by atoms with Crippen LogP contribution in [0.15, 0.2) is 48.9 Å². The Labute approximate surface area is 194 Å². The number of hydrogen-bond acceptors (Lipinski definition) is 5. The Hall–Kier alpha value is -3.15. The van der Waals surface area contributed by atoms with Crippen molar-refractivity contribution >= 4 is 33.6 Å². The number of aromatic nitrogens is 4. The zero-order chi connectivity index (χ0) is 22.2. The molecule has 2 aliphatic rings. The minimum absolute atomic E-state index is 0.504. The molecule has 2 atom stereocenters. The number of nitrogens with two attached hydrogens (primary N) is 1. The fraction of sp³-hybridized carbons (Fsp3) is 0.444. The highest BCUT2D eigenvalue weighted by Crippen LogP contribution is 2.39. The molecule has 3 aromatic heterocycles. The molecule has 4 aromatic rings. The second-order valence-corrected chi connectivity index (χ2v) is 9.94. The number of nitrogens with zero attached hydrogens (tertiary/aromatic N) is 4. The summed E-state index contributed by atoms with van der Waals surface area (Å²) >= 11 is 0. The van der Waals surface area contributed by atoms with Gasteiger partial charge in [0, 0.05) is 23.7 Å². The summed E-state index contributed by atoms with van der Waals surface area (Å²) in [6, 6.07) is 14.3. The van der Waals surface area contributed by atoms with Gasteiger partial charge in [-0.3, -0.25) is 0 Å². The predicted molar refractivity (Wildman–Crippen MR) is 134 cm³/mol. The van der Waals surface area contributed by atoms with Gasteiger partial charge in [0.1, 0.15) is 23.6 Å². The first kappa shape index (κ1) is 20.5. The van der Waals surface area contributed by atoms with Crippen LogP contribution in [0.1, 0.15) is 63.0 Å². The molecule has 170 valence electrons. The first-order valence-corrected chi connectivity index (χ1v) is 12.5. The lowest BCUT2D eigenvalue weighted by Gasteiger charge is -2.15. The number of nitrogen functional groups attached to an aromatic ring is 1. The quantitative estimate of drug-likeness (QED) is 0.391. The van der Waals surface area contributed by atoms with Gasteiger partial charge in [0.2, 0.25) is 0 Å². The van der Waals surface area contributed by atoms with E-state index in [1.54, 1.807) is 6.33 Å². The van der Waals surface area contributed by atoms with Gasteiger partial charge in [-0.25, -0.2) is 15.0 Å². The number of pyridine rings is 1. The smallest absolute Gasteiger partial charge is 0.145 e. The average Bonchev–Trinajstić information content (AvgIpc) is 3.59. The van der Waals surface area contributed by atoms with E-state index in [2.05, 4.69) is 62.4 Å². The van der Waals surface area contributed by atoms with E-state index >= 15 is 0 Å². The van der Waals surface area contributed by atoms with Crippen molar-refractivity contribution in [2.24, 2.45) is 5.92 Å². The molecule has 3 heterocycles. The Balaban J connectivity index is 1.11. The van der Waals surface area contributed by atoms with Crippen molar-refractivity contribution in [2.75, 3.05) is 11.1 Å². The van der Waals surface area contributed by atoms with E-state index in [1.165, 1.54) is 62.3 Å². The van der Waals surface area contributed by atoms with Crippen LogP contribution in [-0.4, -0.2) is 25.6 Å². The lowest BCUT2D eigenvalue weighted by Crippen LogP contribution is -2.15. The summed E-state index contributed by atoms with van der Waals surface area (Å²) < 4.78 is 2.31. The molecule has 2 saturated carbocycles. The zero-order valence-corrected chi connectivity index (χ0v) is 19.1. The average molecular weight is 441 g/mol. The van der Waals surface area contributed by atoms with Crippen molar-refractivity contribution in [3.8, 4) is 0 Å². The van der Waals surface area contributed by atoms with E-state index < -0.39 is 0 Å². The van der Waals surface area contributed by atoms with Crippen LogP contribution in [0, 0.1) is 5.92 Å². The lowest BCUT2D eigenvalue weighted by atomic mass is 9.97. The van der Waals surface area contributed by atoms with E-state index in [1.807, 2.05) is 0 Å². The Kier molecular flexibility index (Phi) is 5.36. The number of benzene rings is 1. The fourth-order valence-corrected chi connectivity index (χ4v) is 5.90. The molecule has 6 rings (SSSR count). The van der Waals surface area contributed by atoms with Gasteiger partial charge in [-0.2, -0.15) is 0 Å². The summed E-state index contributed by atoms with van der Waals surface area (Å²) in [4.78, 5) is 13.5. The molecular formula is C27H32N6. The number of fused-ring (bicyclic) bond motifs is 2. The number of rotatable bonds is 6. The maximum Gasteiger partial charge on any atom is 0.145 e. The minimum atomic E-state index is 0.504. The lowest BCUT2D eigenvalue weighted by molar-refractivity contribution is 0.461. The largest absolute Gasteiger partial charge is 0.383 e. The van der Waals surface area contributed by atoms with Gasteiger partial charge in [0.05, 0.1) is 10.9 Å². The Morgan fingerprint density at radius 2 is 1.88 bits per heavy atom. The Bertz CT molecular complexity index is 1270. The first-order chi connectivity index (χ1) is 16.2. The number of hydrogen-bond donors (Lipinski definition) is 2. The van der Waals surface area contributed by atoms with Crippen molar-refractivity contribution in [3.63, 3.8) is 0 Å². The first-order valence-electron chi connectivity index (χ1n) is 12.5. The normalized spacial score (nSPS) is 21.3. The summed E-state index contributed by atoms with van der Waals surface area (Å²) in [5.74, 6) is 2.33. The number of nitrogens with one attached hydrogen (secondary N) is 1. The van der Waals surface area contributed by atoms with Gasteiger partial charge in [-0.1, -0.05) is 25.0 Å². The van der Waals surface area contributed by atoms with Gasteiger partial charge < -0.3 is 15.6 Å². The second-order valence-electron chi connectivity index (χ2n) is 9.94. The molecule has 0 aliphatic heterocycles. The molecule has 0 amide bonds. The topological polar surface area (TPSA) is 81.6 Å². The van der Waals surface area contributed by atoms with Gasteiger partial charge in [0.25, 0.3) is 0 Å². The third-order valence-electron chi connectivity index (χ3n) is 7.75. The van der Waals surface area contributed by atoms with Crippen LogP contribution in [-0.2, 0) is 6.42 Å². The molecule has 3 N–H and O–H groups in total. The highest BCUT2D eigenvalue weighted by molar-refractivity contribution is 5.86. The molecule has 6 heteroatoms. The molecular weight excluding hydrogens is 408 g/mol. The highest BCUT2D eigenvalue weighted by atomic mass is 15.1. The summed E-state index contributed by atoms with van der Waals surface area (Å²) in [7, 11) is 0. The highest BCUT2D eigenvalue weighted by Gasteiger charge is 2.27. The van der Waals surface area contributed by atoms with Crippen LogP contribution >= 0.6 is 0 Å². The summed E-state index contributed by atoms with van der Waals surface area (Å²) in [5, 5.41) is 5.82. The number of anilines is 2. The van der Waals surface area contributed by atoms with Crippen LogP contribution in [0.2, 0.25) is 0 Å². The van der Waals surface area contributed by atoms with Gasteiger partial charge in [0.15, 0.2) is 0 Å². The summed E-state index contributed by atoms with van der Waals surface area (Å²) in [5.41, 5.74) is 9.49. The Morgan fingerprint density at radius 3 is 2.79 bits per heavy atom. The van der Waals surface area contributed by atoms with Crippen molar-refractivity contribution in [2.45, 2.75) is 69.9 Å². The van der Waals surface area contributed by atoms with Crippen molar-refractivity contribution in [3.05, 3.63) is 54.5 Å². The van der Waals surface area contributed by atoms with Crippen molar-refractivity contribution < 1.29 is 0 Å².